The highest BCUT2D eigenvalue weighted by atomic mass is 32.1. The van der Waals surface area contributed by atoms with Crippen LogP contribution in [0.3, 0.4) is 0 Å². The fourth-order valence-electron chi connectivity index (χ4n) is 2.56. The summed E-state index contributed by atoms with van der Waals surface area (Å²) in [5.41, 5.74) is 10.5. The molecule has 0 spiro atoms. The number of anilines is 1. The number of aromatic nitrogens is 1. The molecule has 1 heterocycles. The number of benzene rings is 2. The molecular formula is C18H19N3OS. The number of rotatable bonds is 4. The molecule has 2 aromatic carbocycles. The first-order chi connectivity index (χ1) is 11.1. The lowest BCUT2D eigenvalue weighted by atomic mass is 10.0. The second-order valence-corrected chi connectivity index (χ2v) is 6.67. The number of aryl methyl sites for hydroxylation is 2. The van der Waals surface area contributed by atoms with Gasteiger partial charge < -0.3 is 5.73 Å². The molecule has 0 radical (unpaired) electrons. The van der Waals surface area contributed by atoms with Crippen molar-refractivity contribution in [2.45, 2.75) is 20.3 Å². The summed E-state index contributed by atoms with van der Waals surface area (Å²) in [6.07, 6.45) is 0.684. The van der Waals surface area contributed by atoms with Gasteiger partial charge in [0, 0.05) is 5.56 Å². The van der Waals surface area contributed by atoms with Crippen LogP contribution in [0.1, 0.15) is 27.0 Å². The van der Waals surface area contributed by atoms with Crippen LogP contribution in [0.4, 0.5) is 5.13 Å². The van der Waals surface area contributed by atoms with Crippen molar-refractivity contribution in [3.8, 4) is 0 Å². The van der Waals surface area contributed by atoms with Crippen molar-refractivity contribution in [1.29, 1.82) is 0 Å². The summed E-state index contributed by atoms with van der Waals surface area (Å²) in [4.78, 5) is 17.1. The molecule has 23 heavy (non-hydrogen) atoms. The molecule has 3 N–H and O–H groups in total. The molecule has 0 unspecified atom stereocenters. The number of hydrogen-bond acceptors (Lipinski definition) is 4. The molecule has 0 saturated carbocycles. The van der Waals surface area contributed by atoms with Gasteiger partial charge in [0.05, 0.1) is 10.2 Å². The molecule has 118 valence electrons. The first-order valence-corrected chi connectivity index (χ1v) is 8.36. The van der Waals surface area contributed by atoms with Gasteiger partial charge in [0.25, 0.3) is 5.91 Å². The Kier molecular flexibility index (Phi) is 4.41. The van der Waals surface area contributed by atoms with E-state index in [1.54, 1.807) is 0 Å². The Labute approximate surface area is 139 Å². The van der Waals surface area contributed by atoms with Crippen LogP contribution in [0.25, 0.3) is 10.2 Å². The zero-order valence-corrected chi connectivity index (χ0v) is 14.0. The van der Waals surface area contributed by atoms with Crippen molar-refractivity contribution in [2.75, 3.05) is 11.9 Å². The topological polar surface area (TPSA) is 68.0 Å². The number of amides is 1. The third kappa shape index (κ3) is 3.41. The van der Waals surface area contributed by atoms with Gasteiger partial charge in [-0.1, -0.05) is 35.1 Å². The molecule has 0 saturated heterocycles. The Hall–Kier alpha value is -2.24. The van der Waals surface area contributed by atoms with E-state index in [0.717, 1.165) is 21.3 Å². The summed E-state index contributed by atoms with van der Waals surface area (Å²) in [5.74, 6) is -0.135. The highest BCUT2D eigenvalue weighted by Crippen LogP contribution is 2.27. The fourth-order valence-corrected chi connectivity index (χ4v) is 3.52. The van der Waals surface area contributed by atoms with Crippen LogP contribution in [0.2, 0.25) is 0 Å². The summed E-state index contributed by atoms with van der Waals surface area (Å²) < 4.78 is 1.08. The monoisotopic (exact) mass is 325 g/mol. The van der Waals surface area contributed by atoms with Crippen molar-refractivity contribution in [1.82, 2.24) is 4.98 Å². The summed E-state index contributed by atoms with van der Waals surface area (Å²) in [7, 11) is 0. The van der Waals surface area contributed by atoms with E-state index in [1.807, 2.05) is 44.2 Å². The first kappa shape index (κ1) is 15.6. The van der Waals surface area contributed by atoms with E-state index in [-0.39, 0.29) is 5.91 Å². The van der Waals surface area contributed by atoms with Gasteiger partial charge in [0.1, 0.15) is 0 Å². The Bertz CT molecular complexity index is 870. The summed E-state index contributed by atoms with van der Waals surface area (Å²) in [6, 6.07) is 11.9. The minimum absolute atomic E-state index is 0.135. The SMILES string of the molecule is Cc1ccc(C(=O)Nc2nc3ccc(C)cc3s2)c(CCN)c1. The Morgan fingerprint density at radius 1 is 1.17 bits per heavy atom. The predicted molar refractivity (Wildman–Crippen MR) is 96.2 cm³/mol. The average molecular weight is 325 g/mol. The zero-order chi connectivity index (χ0) is 16.4. The number of fused-ring (bicyclic) bond motifs is 1. The third-order valence-corrected chi connectivity index (χ3v) is 4.62. The molecule has 0 aliphatic carbocycles. The van der Waals surface area contributed by atoms with Crippen molar-refractivity contribution in [3.63, 3.8) is 0 Å². The molecule has 0 bridgehead atoms. The average Bonchev–Trinajstić information content (AvgIpc) is 2.88. The summed E-state index contributed by atoms with van der Waals surface area (Å²) >= 11 is 1.49. The Morgan fingerprint density at radius 2 is 1.91 bits per heavy atom. The lowest BCUT2D eigenvalue weighted by Crippen LogP contribution is -2.16. The standard InChI is InChI=1S/C18H19N3OS/c1-11-3-5-14(13(9-11)7-8-19)17(22)21-18-20-15-6-4-12(2)10-16(15)23-18/h3-6,9-10H,7-8,19H2,1-2H3,(H,20,21,22). The molecule has 4 nitrogen and oxygen atoms in total. The maximum absolute atomic E-state index is 12.6. The van der Waals surface area contributed by atoms with E-state index >= 15 is 0 Å². The van der Waals surface area contributed by atoms with Gasteiger partial charge in [-0.2, -0.15) is 0 Å². The molecule has 0 aliphatic rings. The molecule has 3 aromatic rings. The molecule has 1 amide bonds. The van der Waals surface area contributed by atoms with Crippen molar-refractivity contribution >= 4 is 32.6 Å². The highest BCUT2D eigenvalue weighted by Gasteiger charge is 2.13. The maximum atomic E-state index is 12.6. The minimum Gasteiger partial charge on any atom is -0.330 e. The summed E-state index contributed by atoms with van der Waals surface area (Å²) in [6.45, 7) is 4.57. The Balaban J connectivity index is 1.88. The Morgan fingerprint density at radius 3 is 2.70 bits per heavy atom. The number of carbonyl (C=O) groups is 1. The van der Waals surface area contributed by atoms with Crippen LogP contribution in [0.15, 0.2) is 36.4 Å². The van der Waals surface area contributed by atoms with Crippen LogP contribution in [-0.4, -0.2) is 17.4 Å². The van der Waals surface area contributed by atoms with Crippen LogP contribution in [0.5, 0.6) is 0 Å². The van der Waals surface area contributed by atoms with Crippen LogP contribution < -0.4 is 11.1 Å². The van der Waals surface area contributed by atoms with Gasteiger partial charge in [-0.05, 0) is 56.1 Å². The normalized spacial score (nSPS) is 10.9. The largest absolute Gasteiger partial charge is 0.330 e. The smallest absolute Gasteiger partial charge is 0.257 e. The molecule has 5 heteroatoms. The lowest BCUT2D eigenvalue weighted by Gasteiger charge is -2.09. The zero-order valence-electron chi connectivity index (χ0n) is 13.2. The van der Waals surface area contributed by atoms with Crippen LogP contribution in [0, 0.1) is 13.8 Å². The molecule has 0 fully saturated rings. The number of carbonyl (C=O) groups excluding carboxylic acids is 1. The quantitative estimate of drug-likeness (QED) is 0.769. The van der Waals surface area contributed by atoms with E-state index in [9.17, 15) is 4.79 Å². The van der Waals surface area contributed by atoms with Crippen LogP contribution >= 0.6 is 11.3 Å². The van der Waals surface area contributed by atoms with E-state index in [2.05, 4.69) is 16.4 Å². The van der Waals surface area contributed by atoms with E-state index in [1.165, 1.54) is 16.9 Å². The molecule has 0 atom stereocenters. The fraction of sp³-hybridized carbons (Fsp3) is 0.222. The number of nitrogens with one attached hydrogen (secondary N) is 1. The molecule has 0 aliphatic heterocycles. The predicted octanol–water partition coefficient (Wildman–Crippen LogP) is 3.67. The van der Waals surface area contributed by atoms with Gasteiger partial charge in [-0.3, -0.25) is 10.1 Å². The van der Waals surface area contributed by atoms with Gasteiger partial charge in [-0.15, -0.1) is 0 Å². The number of hydrogen-bond donors (Lipinski definition) is 2. The van der Waals surface area contributed by atoms with Crippen molar-refractivity contribution < 1.29 is 4.79 Å². The second-order valence-electron chi connectivity index (χ2n) is 5.64. The molecular weight excluding hydrogens is 306 g/mol. The second kappa shape index (κ2) is 6.48. The van der Waals surface area contributed by atoms with Crippen molar-refractivity contribution in [2.24, 2.45) is 5.73 Å². The van der Waals surface area contributed by atoms with Gasteiger partial charge in [0.2, 0.25) is 0 Å². The van der Waals surface area contributed by atoms with Crippen molar-refractivity contribution in [3.05, 3.63) is 58.7 Å². The molecule has 3 rings (SSSR count). The lowest BCUT2D eigenvalue weighted by molar-refractivity contribution is 0.102. The van der Waals surface area contributed by atoms with E-state index in [4.69, 9.17) is 5.73 Å². The molecule has 1 aromatic heterocycles. The third-order valence-electron chi connectivity index (χ3n) is 3.68. The van der Waals surface area contributed by atoms with Gasteiger partial charge >= 0.3 is 0 Å². The van der Waals surface area contributed by atoms with E-state index in [0.29, 0.717) is 23.7 Å². The maximum Gasteiger partial charge on any atom is 0.257 e. The van der Waals surface area contributed by atoms with Crippen LogP contribution in [-0.2, 0) is 6.42 Å². The number of nitrogens with zero attached hydrogens (tertiary/aromatic N) is 1. The summed E-state index contributed by atoms with van der Waals surface area (Å²) in [5, 5.41) is 3.53. The number of thiazole rings is 1. The van der Waals surface area contributed by atoms with E-state index < -0.39 is 0 Å². The van der Waals surface area contributed by atoms with Gasteiger partial charge in [-0.25, -0.2) is 4.98 Å². The highest BCUT2D eigenvalue weighted by molar-refractivity contribution is 7.22. The first-order valence-electron chi connectivity index (χ1n) is 7.55. The van der Waals surface area contributed by atoms with Gasteiger partial charge in [0.15, 0.2) is 5.13 Å². The number of nitrogens with two attached hydrogens (primary N) is 1. The minimum atomic E-state index is -0.135.